The summed E-state index contributed by atoms with van der Waals surface area (Å²) in [7, 11) is 0. The molecular weight excluding hydrogens is 1610 g/mol. The fourth-order valence-corrected chi connectivity index (χ4v) is 14.0. The quantitative estimate of drug-likeness (QED) is 0.0291. The zero-order valence-corrected chi connectivity index (χ0v) is 75.3. The number of hydrogen-bond donors (Lipinski definition) is 23. The number of carbonyl (C=O) groups is 15. The molecule has 0 radical (unpaired) electrons. The van der Waals surface area contributed by atoms with Crippen molar-refractivity contribution >= 4 is 99.5 Å². The number of para-hydroxylation sites is 1. The Labute approximate surface area is 735 Å². The molecule has 15 amide bonds. The van der Waals surface area contributed by atoms with Crippen LogP contribution in [-0.2, 0) is 84.8 Å². The van der Waals surface area contributed by atoms with Crippen LogP contribution in [0.5, 0.6) is 0 Å². The van der Waals surface area contributed by atoms with Gasteiger partial charge in [-0.2, -0.15) is 0 Å². The van der Waals surface area contributed by atoms with Gasteiger partial charge < -0.3 is 125 Å². The largest absolute Gasteiger partial charge is 0.391 e. The highest BCUT2D eigenvalue weighted by Gasteiger charge is 2.39. The smallest absolute Gasteiger partial charge is 0.243 e. The normalized spacial score (nSPS) is 15.1. The van der Waals surface area contributed by atoms with E-state index in [-0.39, 0.29) is 102 Å². The maximum Gasteiger partial charge on any atom is 0.243 e. The van der Waals surface area contributed by atoms with Crippen LogP contribution in [0.1, 0.15) is 210 Å². The molecule has 3 aromatic rings. The highest BCUT2D eigenvalue weighted by molar-refractivity contribution is 6.01. The summed E-state index contributed by atoms with van der Waals surface area (Å²) in [5.74, 6) is -13.5. The molecule has 0 saturated heterocycles. The molecule has 702 valence electrons. The second-order valence-electron chi connectivity index (χ2n) is 34.3. The molecule has 3 rings (SSSR count). The maximum absolute atomic E-state index is 14.9. The second-order valence-corrected chi connectivity index (χ2v) is 34.3. The molecule has 0 aliphatic carbocycles. The fraction of sp³-hybridized carbons (Fsp3) is 0.667. The van der Waals surface area contributed by atoms with Crippen molar-refractivity contribution in [2.24, 2.45) is 69.7 Å². The van der Waals surface area contributed by atoms with Crippen molar-refractivity contribution in [1.29, 1.82) is 0 Å². The molecular formula is C87H148N22O16. The molecule has 0 bridgehead atoms. The maximum atomic E-state index is 14.9. The number of aliphatic hydroxyl groups excluding tert-OH is 1. The third kappa shape index (κ3) is 40.3. The first-order valence-electron chi connectivity index (χ1n) is 44.2. The van der Waals surface area contributed by atoms with Gasteiger partial charge in [0.2, 0.25) is 88.6 Å². The van der Waals surface area contributed by atoms with Crippen LogP contribution in [-0.4, -0.2) is 229 Å². The van der Waals surface area contributed by atoms with Gasteiger partial charge in [0, 0.05) is 29.9 Å². The molecule has 0 aliphatic heterocycles. The molecule has 1 aromatic heterocycles. The number of nitrogens with two attached hydrogens (primary N) is 7. The van der Waals surface area contributed by atoms with Gasteiger partial charge in [0.25, 0.3) is 0 Å². The third-order valence-electron chi connectivity index (χ3n) is 21.1. The number of hydrogen-bond acceptors (Lipinski definition) is 22. The van der Waals surface area contributed by atoms with Crippen LogP contribution in [0.15, 0.2) is 60.8 Å². The van der Waals surface area contributed by atoms with Gasteiger partial charge in [-0.25, -0.2) is 0 Å². The number of nitrogens with one attached hydrogen (secondary N) is 15. The van der Waals surface area contributed by atoms with Gasteiger partial charge >= 0.3 is 0 Å². The van der Waals surface area contributed by atoms with Crippen molar-refractivity contribution in [3.63, 3.8) is 0 Å². The lowest BCUT2D eigenvalue weighted by Crippen LogP contribution is -2.61. The van der Waals surface area contributed by atoms with E-state index in [0.29, 0.717) is 88.3 Å². The van der Waals surface area contributed by atoms with E-state index in [9.17, 15) is 77.0 Å². The second kappa shape index (κ2) is 58.1. The highest BCUT2D eigenvalue weighted by atomic mass is 16.3. The zero-order chi connectivity index (χ0) is 93.6. The summed E-state index contributed by atoms with van der Waals surface area (Å²) in [5, 5.41) is 48.8. The number of rotatable bonds is 62. The van der Waals surface area contributed by atoms with Crippen LogP contribution >= 0.6 is 0 Å². The average molecular weight is 1760 g/mol. The van der Waals surface area contributed by atoms with E-state index in [1.54, 1.807) is 91.9 Å². The van der Waals surface area contributed by atoms with Gasteiger partial charge in [0.05, 0.1) is 18.7 Å². The number of H-pyrrole nitrogens is 1. The first kappa shape index (κ1) is 109. The summed E-state index contributed by atoms with van der Waals surface area (Å²) in [4.78, 5) is 215. The minimum atomic E-state index is -1.46. The standard InChI is InChI=1S/C87H148N22O16/c1-49(2)42-65(103-79(117)63(35-21-26-40-91)100-84(122)69(102-76(114)59(93)31-18-23-37-88)46-57-47-95-60-32-17-16-30-58(57)60)82(120)104-68(45-56-28-14-13-15-29-56)83(121)99-62(34-20-25-39-90)78(116)98-61(33-19-24-38-89)77(115)96-48-70(111)97-54(11)75(113)107-71(52(7)8)86(124)105-66(43-50(3)4)81(119)101-64(36-22-27-41-92)80(118)108-72(53(9)10)87(125)106-67(44-51(5)6)85(123)109-73(55(12)110)74(94)112/h13-17,28-30,32,47,49-55,59,61-69,71-73,95,110H,18-27,31,33-46,48,88-93H2,1-12H3,(H2,94,112)(H,96,115)(H,97,111)(H,98,116)(H,99,121)(H,100,122)(H,101,119)(H,102,114)(H,103,117)(H,104,120)(H,105,124)(H,106,125)(H,107,113)(H,108,118)(H,109,123)/t54-,55+,59-,61-,62-,63-,64-,65-,66-,67-,68-,69-,71-,72-,73-/m0/s1. The van der Waals surface area contributed by atoms with Crippen molar-refractivity contribution in [2.75, 3.05) is 39.3 Å². The summed E-state index contributed by atoms with van der Waals surface area (Å²) in [6.07, 6.45) is 5.34. The fourth-order valence-electron chi connectivity index (χ4n) is 14.0. The van der Waals surface area contributed by atoms with Crippen LogP contribution < -0.4 is 115 Å². The number of aromatic nitrogens is 1. The lowest BCUT2D eigenvalue weighted by atomic mass is 9.98. The Morgan fingerprint density at radius 2 is 0.672 bits per heavy atom. The van der Waals surface area contributed by atoms with E-state index >= 15 is 0 Å². The average Bonchev–Trinajstić information content (AvgIpc) is 1.72. The molecule has 125 heavy (non-hydrogen) atoms. The summed E-state index contributed by atoms with van der Waals surface area (Å²) < 4.78 is 0. The molecule has 15 atom stereocenters. The lowest BCUT2D eigenvalue weighted by Gasteiger charge is -2.30. The number of primary amides is 1. The Balaban J connectivity index is 1.86. The van der Waals surface area contributed by atoms with E-state index in [1.165, 1.54) is 13.8 Å². The molecule has 2 aromatic carbocycles. The van der Waals surface area contributed by atoms with Crippen molar-refractivity contribution in [3.8, 4) is 0 Å². The Kier molecular flexibility index (Phi) is 50.6. The van der Waals surface area contributed by atoms with Crippen LogP contribution in [0.3, 0.4) is 0 Å². The van der Waals surface area contributed by atoms with Gasteiger partial charge in [-0.1, -0.05) is 124 Å². The van der Waals surface area contributed by atoms with Crippen LogP contribution in [0.25, 0.3) is 10.9 Å². The first-order valence-corrected chi connectivity index (χ1v) is 44.2. The molecule has 0 unspecified atom stereocenters. The molecule has 0 fully saturated rings. The minimum absolute atomic E-state index is 0.00853. The number of aromatic amines is 1. The Morgan fingerprint density at radius 3 is 1.08 bits per heavy atom. The molecule has 1 heterocycles. The molecule has 30 N–H and O–H groups in total. The SMILES string of the molecule is CC(C)C[C@H](NC(=O)[C@H](CCCCN)NC(=O)[C@H](Cc1c[nH]c2ccccc12)NC(=O)[C@@H](N)CCCCN)C(=O)N[C@@H](Cc1ccccc1)C(=O)N[C@@H](CCCCN)C(=O)N[C@@H](CCCCN)C(=O)NCC(=O)N[C@@H](C)C(=O)N[C@H](C(=O)N[C@@H](CC(C)C)C(=O)N[C@@H](CCCCN)C(=O)N[C@H](C(=O)N[C@@H](CC(C)C)C(=O)N[C@H](C(N)=O)[C@@H](C)O)C(C)C)C(C)C. The predicted molar refractivity (Wildman–Crippen MR) is 477 cm³/mol. The van der Waals surface area contributed by atoms with E-state index in [2.05, 4.69) is 79.4 Å². The zero-order valence-electron chi connectivity index (χ0n) is 75.3. The monoisotopic (exact) mass is 1760 g/mol. The molecule has 0 spiro atoms. The summed E-state index contributed by atoms with van der Waals surface area (Å²) in [5.41, 5.74) is 43.1. The van der Waals surface area contributed by atoms with E-state index in [1.807, 2.05) is 38.1 Å². The number of carbonyl (C=O) groups excluding carboxylic acids is 15. The Morgan fingerprint density at radius 1 is 0.344 bits per heavy atom. The number of amides is 15. The number of unbranched alkanes of at least 4 members (excludes halogenated alkanes) is 5. The molecule has 38 heteroatoms. The highest BCUT2D eigenvalue weighted by Crippen LogP contribution is 2.22. The third-order valence-corrected chi connectivity index (χ3v) is 21.1. The molecule has 0 saturated carbocycles. The van der Waals surface area contributed by atoms with Crippen molar-refractivity contribution in [1.82, 2.24) is 79.4 Å². The predicted octanol–water partition coefficient (Wildman–Crippen LogP) is -1.32. The lowest BCUT2D eigenvalue weighted by molar-refractivity contribution is -0.137. The summed E-state index contributed by atoms with van der Waals surface area (Å²) >= 11 is 0. The topological polar surface area (TPSA) is 643 Å². The van der Waals surface area contributed by atoms with Gasteiger partial charge in [0.1, 0.15) is 78.5 Å². The van der Waals surface area contributed by atoms with Crippen molar-refractivity contribution in [2.45, 2.75) is 302 Å². The summed E-state index contributed by atoms with van der Waals surface area (Å²) in [6.45, 7) is 20.7. The Hall–Kier alpha value is -10.2. The van der Waals surface area contributed by atoms with Crippen LogP contribution in [0.2, 0.25) is 0 Å². The Bertz CT molecular complexity index is 3900. The van der Waals surface area contributed by atoms with Crippen molar-refractivity contribution in [3.05, 3.63) is 71.9 Å². The molecule has 38 nitrogen and oxygen atoms in total. The summed E-state index contributed by atoms with van der Waals surface area (Å²) in [6, 6.07) is -1.75. The van der Waals surface area contributed by atoms with Crippen LogP contribution in [0, 0.1) is 29.6 Å². The minimum Gasteiger partial charge on any atom is -0.391 e. The number of benzene rings is 2. The molecule has 0 aliphatic rings. The van der Waals surface area contributed by atoms with Gasteiger partial charge in [-0.15, -0.1) is 0 Å². The van der Waals surface area contributed by atoms with Gasteiger partial charge in [-0.3, -0.25) is 71.9 Å². The van der Waals surface area contributed by atoms with Gasteiger partial charge in [0.15, 0.2) is 0 Å². The van der Waals surface area contributed by atoms with E-state index in [4.69, 9.17) is 40.1 Å². The van der Waals surface area contributed by atoms with E-state index in [0.717, 1.165) is 10.9 Å². The number of fused-ring (bicyclic) bond motifs is 1. The van der Waals surface area contributed by atoms with Gasteiger partial charge in [-0.05, 0) is 203 Å². The number of aliphatic hydroxyl groups is 1. The van der Waals surface area contributed by atoms with Crippen molar-refractivity contribution < 1.29 is 77.0 Å². The van der Waals surface area contributed by atoms with E-state index < -0.39 is 198 Å². The van der Waals surface area contributed by atoms with Crippen LogP contribution in [0.4, 0.5) is 0 Å². The first-order chi connectivity index (χ1) is 59.2.